The third kappa shape index (κ3) is 16.4. The van der Waals surface area contributed by atoms with Crippen molar-refractivity contribution in [2.75, 3.05) is 19.8 Å². The highest BCUT2D eigenvalue weighted by molar-refractivity contribution is 5.86. The number of hydrogen-bond acceptors (Lipinski definition) is 4. The fourth-order valence-electron chi connectivity index (χ4n) is 3.46. The van der Waals surface area contributed by atoms with Crippen molar-refractivity contribution in [2.24, 2.45) is 0 Å². The fourth-order valence-corrected chi connectivity index (χ4v) is 3.46. The van der Waals surface area contributed by atoms with Crippen LogP contribution in [0.2, 0.25) is 0 Å². The lowest BCUT2D eigenvalue weighted by Crippen LogP contribution is -3.00. The molecule has 7 heteroatoms. The van der Waals surface area contributed by atoms with E-state index in [-0.39, 0.29) is 30.2 Å². The molecule has 33 heavy (non-hydrogen) atoms. The molecule has 0 unspecified atom stereocenters. The molecule has 0 atom stereocenters. The van der Waals surface area contributed by atoms with Crippen LogP contribution in [0.5, 0.6) is 0 Å². The Balaban J connectivity index is 0.0000102. The Hall–Kier alpha value is -1.89. The van der Waals surface area contributed by atoms with Crippen LogP contribution in [0.4, 0.5) is 4.79 Å². The first-order chi connectivity index (χ1) is 15.5. The summed E-state index contributed by atoms with van der Waals surface area (Å²) in [7, 11) is 0. The number of unbranched alkanes of at least 4 members (excludes halogenated alkanes) is 9. The zero-order valence-corrected chi connectivity index (χ0v) is 22.2. The van der Waals surface area contributed by atoms with E-state index in [0.29, 0.717) is 12.1 Å². The third-order valence-corrected chi connectivity index (χ3v) is 5.34. The van der Waals surface area contributed by atoms with Gasteiger partial charge in [-0.2, -0.15) is 0 Å². The minimum atomic E-state index is -0.506. The minimum Gasteiger partial charge on any atom is -1.00 e. The first-order valence-corrected chi connectivity index (χ1v) is 12.2. The zero-order chi connectivity index (χ0) is 23.4. The molecule has 1 aromatic rings. The zero-order valence-electron chi connectivity index (χ0n) is 20.6. The van der Waals surface area contributed by atoms with Gasteiger partial charge in [0.25, 0.3) is 0 Å². The molecule has 1 aromatic heterocycles. The van der Waals surface area contributed by atoms with Crippen LogP contribution < -0.4 is 26.9 Å². The highest BCUT2D eigenvalue weighted by atomic mass is 79.9. The predicted molar refractivity (Wildman–Crippen MR) is 127 cm³/mol. The van der Waals surface area contributed by atoms with Crippen molar-refractivity contribution < 1.29 is 40.6 Å². The number of aromatic nitrogens is 1. The summed E-state index contributed by atoms with van der Waals surface area (Å²) in [6.45, 7) is 8.87. The summed E-state index contributed by atoms with van der Waals surface area (Å²) in [6, 6.07) is 6.17. The Bertz CT molecular complexity index is 682. The van der Waals surface area contributed by atoms with Crippen molar-refractivity contribution in [3.8, 4) is 0 Å². The Morgan fingerprint density at radius 3 is 2.18 bits per heavy atom. The second-order valence-corrected chi connectivity index (χ2v) is 8.30. The van der Waals surface area contributed by atoms with E-state index in [4.69, 9.17) is 9.47 Å². The number of nitrogens with one attached hydrogen (secondary N) is 1. The molecule has 0 aromatic carbocycles. The van der Waals surface area contributed by atoms with Crippen LogP contribution in [-0.2, 0) is 27.2 Å². The van der Waals surface area contributed by atoms with Crippen LogP contribution in [0, 0.1) is 0 Å². The number of pyridine rings is 1. The molecule has 0 aliphatic rings. The second kappa shape index (κ2) is 20.7. The predicted octanol–water partition coefficient (Wildman–Crippen LogP) is 2.29. The van der Waals surface area contributed by atoms with Crippen molar-refractivity contribution in [3.05, 3.63) is 42.2 Å². The van der Waals surface area contributed by atoms with E-state index in [1.165, 1.54) is 69.9 Å². The van der Waals surface area contributed by atoms with E-state index in [2.05, 4.69) is 35.6 Å². The van der Waals surface area contributed by atoms with Crippen molar-refractivity contribution >= 4 is 12.1 Å². The third-order valence-electron chi connectivity index (χ3n) is 5.34. The summed E-state index contributed by atoms with van der Waals surface area (Å²) in [6.07, 6.45) is 15.6. The molecule has 0 saturated heterocycles. The van der Waals surface area contributed by atoms with E-state index in [1.807, 2.05) is 12.1 Å². The van der Waals surface area contributed by atoms with Crippen molar-refractivity contribution in [3.63, 3.8) is 0 Å². The van der Waals surface area contributed by atoms with Gasteiger partial charge in [0.15, 0.2) is 11.9 Å². The van der Waals surface area contributed by atoms with Gasteiger partial charge in [0.05, 0.1) is 0 Å². The first kappa shape index (κ1) is 31.1. The molecule has 0 bridgehead atoms. The van der Waals surface area contributed by atoms with E-state index in [0.717, 1.165) is 13.0 Å². The molecule has 1 N–H and O–H groups in total. The van der Waals surface area contributed by atoms with Gasteiger partial charge in [-0.05, 0) is 13.3 Å². The summed E-state index contributed by atoms with van der Waals surface area (Å²) in [5.74, 6) is -0.481. The number of hydrogen-bond donors (Lipinski definition) is 1. The van der Waals surface area contributed by atoms with Gasteiger partial charge in [-0.25, -0.2) is 14.2 Å². The molecule has 188 valence electrons. The normalized spacial score (nSPS) is 10.2. The standard InChI is InChI=1S/C26H42N2O4.BrH/c1-4-5-6-7-8-9-10-11-12-14-19-28-20-15-13-16-24(28)17-18-27-26(30)32-22-21-31-25(29)23(2)3;/h13,15-16,20H,2,4-12,14,17-19,21-22H2,1,3H3;1H. The maximum absolute atomic E-state index is 11.8. The molecular formula is C26H43BrN2O4. The summed E-state index contributed by atoms with van der Waals surface area (Å²) < 4.78 is 12.2. The number of halogens is 1. The monoisotopic (exact) mass is 526 g/mol. The Morgan fingerprint density at radius 1 is 0.939 bits per heavy atom. The van der Waals surface area contributed by atoms with Crippen LogP contribution >= 0.6 is 0 Å². The van der Waals surface area contributed by atoms with Crippen LogP contribution in [0.25, 0.3) is 0 Å². The van der Waals surface area contributed by atoms with Gasteiger partial charge in [-0.3, -0.25) is 0 Å². The Kier molecular flexibility index (Phi) is 19.5. The van der Waals surface area contributed by atoms with Crippen molar-refractivity contribution in [1.82, 2.24) is 5.32 Å². The lowest BCUT2D eigenvalue weighted by Gasteiger charge is -2.08. The largest absolute Gasteiger partial charge is 1.00 e. The Morgan fingerprint density at radius 2 is 1.55 bits per heavy atom. The highest BCUT2D eigenvalue weighted by Gasteiger charge is 2.10. The number of esters is 1. The topological polar surface area (TPSA) is 68.5 Å². The van der Waals surface area contributed by atoms with Crippen LogP contribution in [0.15, 0.2) is 36.5 Å². The molecule has 0 aliphatic heterocycles. The molecule has 1 heterocycles. The molecule has 0 saturated carbocycles. The maximum Gasteiger partial charge on any atom is 0.407 e. The maximum atomic E-state index is 11.8. The average molecular weight is 528 g/mol. The summed E-state index contributed by atoms with van der Waals surface area (Å²) >= 11 is 0. The number of carbonyl (C=O) groups is 2. The number of aryl methyl sites for hydroxylation is 1. The summed E-state index contributed by atoms with van der Waals surface area (Å²) in [4.78, 5) is 23.0. The lowest BCUT2D eigenvalue weighted by atomic mass is 10.1. The average Bonchev–Trinajstić information content (AvgIpc) is 2.78. The van der Waals surface area contributed by atoms with E-state index >= 15 is 0 Å². The number of carbonyl (C=O) groups excluding carboxylic acids is 2. The quantitative estimate of drug-likeness (QED) is 0.138. The van der Waals surface area contributed by atoms with Gasteiger partial charge in [-0.15, -0.1) is 0 Å². The SMILES string of the molecule is C=C(C)C(=O)OCCOC(=O)NCCc1cccc[n+]1CCCCCCCCCCCC.[Br-]. The van der Waals surface area contributed by atoms with Gasteiger partial charge in [0.1, 0.15) is 19.8 Å². The smallest absolute Gasteiger partial charge is 0.407 e. The fraction of sp³-hybridized carbons (Fsp3) is 0.654. The number of nitrogens with zero attached hydrogens (tertiary/aromatic N) is 1. The molecule has 0 fully saturated rings. The van der Waals surface area contributed by atoms with Crippen molar-refractivity contribution in [2.45, 2.75) is 91.0 Å². The van der Waals surface area contributed by atoms with Gasteiger partial charge < -0.3 is 31.8 Å². The van der Waals surface area contributed by atoms with Crippen LogP contribution in [0.3, 0.4) is 0 Å². The van der Waals surface area contributed by atoms with Crippen LogP contribution in [0.1, 0.15) is 83.7 Å². The molecule has 1 rings (SSSR count). The van der Waals surface area contributed by atoms with E-state index in [1.54, 1.807) is 6.92 Å². The Labute approximate surface area is 210 Å². The molecule has 1 amide bonds. The van der Waals surface area contributed by atoms with Gasteiger partial charge >= 0.3 is 12.1 Å². The van der Waals surface area contributed by atoms with Crippen molar-refractivity contribution in [1.29, 1.82) is 0 Å². The number of amides is 1. The van der Waals surface area contributed by atoms with Gasteiger partial charge in [0.2, 0.25) is 0 Å². The lowest BCUT2D eigenvalue weighted by molar-refractivity contribution is -0.704. The summed E-state index contributed by atoms with van der Waals surface area (Å²) in [5.41, 5.74) is 1.52. The molecule has 0 radical (unpaired) electrons. The van der Waals surface area contributed by atoms with Gasteiger partial charge in [-0.1, -0.05) is 70.9 Å². The number of alkyl carbamates (subject to hydrolysis) is 1. The molecule has 6 nitrogen and oxygen atoms in total. The summed E-state index contributed by atoms with van der Waals surface area (Å²) in [5, 5.41) is 2.75. The molecular weight excluding hydrogens is 484 g/mol. The minimum absolute atomic E-state index is 0. The molecule has 0 aliphatic carbocycles. The number of rotatable bonds is 18. The number of ether oxygens (including phenoxy) is 2. The van der Waals surface area contributed by atoms with E-state index < -0.39 is 12.1 Å². The van der Waals surface area contributed by atoms with Crippen LogP contribution in [-0.4, -0.2) is 31.8 Å². The molecule has 0 spiro atoms. The van der Waals surface area contributed by atoms with Gasteiger partial charge in [0, 0.05) is 37.1 Å². The first-order valence-electron chi connectivity index (χ1n) is 12.2. The second-order valence-electron chi connectivity index (χ2n) is 8.30. The highest BCUT2D eigenvalue weighted by Crippen LogP contribution is 2.10. The van der Waals surface area contributed by atoms with E-state index in [9.17, 15) is 9.59 Å².